The normalized spacial score (nSPS) is 19.6. The van der Waals surface area contributed by atoms with Crippen molar-refractivity contribution in [2.45, 2.75) is 31.8 Å². The Morgan fingerprint density at radius 3 is 2.64 bits per heavy atom. The molecule has 2 aromatic rings. The Bertz CT molecular complexity index is 694. The van der Waals surface area contributed by atoms with Crippen LogP contribution in [0.25, 0.3) is 10.9 Å². The van der Waals surface area contributed by atoms with E-state index < -0.39 is 0 Å². The van der Waals surface area contributed by atoms with Gasteiger partial charge in [0.1, 0.15) is 11.9 Å². The lowest BCUT2D eigenvalue weighted by atomic mass is 10.1. The minimum Gasteiger partial charge on any atom is -0.490 e. The summed E-state index contributed by atoms with van der Waals surface area (Å²) in [4.78, 5) is 14.1. The first kappa shape index (κ1) is 13.7. The molecule has 0 bridgehead atoms. The summed E-state index contributed by atoms with van der Waals surface area (Å²) in [5.74, 6) is 1.66. The molecule has 1 saturated heterocycles. The predicted molar refractivity (Wildman–Crippen MR) is 85.9 cm³/mol. The SMILES string of the molecule is Cn1ccc2c(OC3CCN(C(=O)C4CC4)CC3)cccc21. The fraction of sp³-hybridized carbons (Fsp3) is 0.500. The smallest absolute Gasteiger partial charge is 0.225 e. The highest BCUT2D eigenvalue weighted by atomic mass is 16.5. The predicted octanol–water partition coefficient (Wildman–Crippen LogP) is 2.96. The van der Waals surface area contributed by atoms with Crippen molar-refractivity contribution in [3.8, 4) is 5.75 Å². The third kappa shape index (κ3) is 2.47. The van der Waals surface area contributed by atoms with Gasteiger partial charge in [0.15, 0.2) is 0 Å². The monoisotopic (exact) mass is 298 g/mol. The maximum absolute atomic E-state index is 12.1. The fourth-order valence-corrected chi connectivity index (χ4v) is 3.34. The number of piperidine rings is 1. The highest BCUT2D eigenvalue weighted by molar-refractivity contribution is 5.86. The van der Waals surface area contributed by atoms with Crippen LogP contribution in [0, 0.1) is 5.92 Å². The number of carbonyl (C=O) groups excluding carboxylic acids is 1. The van der Waals surface area contributed by atoms with Crippen molar-refractivity contribution in [2.24, 2.45) is 13.0 Å². The average molecular weight is 298 g/mol. The lowest BCUT2D eigenvalue weighted by Gasteiger charge is -2.32. The Morgan fingerprint density at radius 2 is 1.91 bits per heavy atom. The van der Waals surface area contributed by atoms with Crippen LogP contribution in [0.2, 0.25) is 0 Å². The maximum atomic E-state index is 12.1. The van der Waals surface area contributed by atoms with Crippen molar-refractivity contribution < 1.29 is 9.53 Å². The third-order valence-electron chi connectivity index (χ3n) is 4.86. The van der Waals surface area contributed by atoms with Crippen molar-refractivity contribution in [3.63, 3.8) is 0 Å². The quantitative estimate of drug-likeness (QED) is 0.873. The van der Waals surface area contributed by atoms with Gasteiger partial charge in [-0.1, -0.05) is 6.07 Å². The molecule has 1 aromatic carbocycles. The molecular formula is C18H22N2O2. The average Bonchev–Trinajstić information content (AvgIpc) is 3.32. The van der Waals surface area contributed by atoms with Gasteiger partial charge in [-0.05, 0) is 31.0 Å². The maximum Gasteiger partial charge on any atom is 0.225 e. The first-order chi connectivity index (χ1) is 10.7. The molecule has 4 rings (SSSR count). The van der Waals surface area contributed by atoms with Gasteiger partial charge in [0.25, 0.3) is 0 Å². The van der Waals surface area contributed by atoms with Crippen molar-refractivity contribution in [2.75, 3.05) is 13.1 Å². The van der Waals surface area contributed by atoms with Gasteiger partial charge >= 0.3 is 0 Å². The summed E-state index contributed by atoms with van der Waals surface area (Å²) in [5.41, 5.74) is 1.19. The number of carbonyl (C=O) groups is 1. The van der Waals surface area contributed by atoms with E-state index in [2.05, 4.69) is 22.9 Å². The number of hydrogen-bond acceptors (Lipinski definition) is 2. The molecule has 2 aliphatic rings. The number of aromatic nitrogens is 1. The minimum absolute atomic E-state index is 0.217. The number of ether oxygens (including phenoxy) is 1. The van der Waals surface area contributed by atoms with Crippen LogP contribution in [0.3, 0.4) is 0 Å². The third-order valence-corrected chi connectivity index (χ3v) is 4.86. The van der Waals surface area contributed by atoms with Crippen LogP contribution in [0.15, 0.2) is 30.5 Å². The molecule has 2 heterocycles. The van der Waals surface area contributed by atoms with Crippen molar-refractivity contribution >= 4 is 16.8 Å². The van der Waals surface area contributed by atoms with E-state index in [1.54, 1.807) is 0 Å². The second kappa shape index (κ2) is 5.34. The highest BCUT2D eigenvalue weighted by Gasteiger charge is 2.35. The van der Waals surface area contributed by atoms with Crippen LogP contribution in [0.5, 0.6) is 5.75 Å². The number of aryl methyl sites for hydroxylation is 1. The second-order valence-electron chi connectivity index (χ2n) is 6.53. The van der Waals surface area contributed by atoms with Crippen LogP contribution >= 0.6 is 0 Å². The summed E-state index contributed by atoms with van der Waals surface area (Å²) < 4.78 is 8.35. The van der Waals surface area contributed by atoms with Crippen LogP contribution in [-0.4, -0.2) is 34.6 Å². The zero-order chi connectivity index (χ0) is 15.1. The molecule has 0 N–H and O–H groups in total. The molecule has 0 spiro atoms. The molecule has 22 heavy (non-hydrogen) atoms. The van der Waals surface area contributed by atoms with Crippen LogP contribution in [0.1, 0.15) is 25.7 Å². The summed E-state index contributed by atoms with van der Waals surface area (Å²) in [6, 6.07) is 8.31. The Hall–Kier alpha value is -1.97. The van der Waals surface area contributed by atoms with Crippen LogP contribution in [-0.2, 0) is 11.8 Å². The van der Waals surface area contributed by atoms with Gasteiger partial charge in [0.2, 0.25) is 5.91 Å². The van der Waals surface area contributed by atoms with E-state index in [-0.39, 0.29) is 6.10 Å². The van der Waals surface area contributed by atoms with Gasteiger partial charge in [-0.3, -0.25) is 4.79 Å². The number of likely N-dealkylation sites (tertiary alicyclic amines) is 1. The molecule has 0 unspecified atom stereocenters. The van der Waals surface area contributed by atoms with Gasteiger partial charge in [-0.15, -0.1) is 0 Å². The van der Waals surface area contributed by atoms with E-state index in [1.165, 1.54) is 10.9 Å². The van der Waals surface area contributed by atoms with E-state index in [0.717, 1.165) is 44.5 Å². The van der Waals surface area contributed by atoms with E-state index >= 15 is 0 Å². The molecule has 1 amide bonds. The number of amides is 1. The van der Waals surface area contributed by atoms with E-state index in [9.17, 15) is 4.79 Å². The summed E-state index contributed by atoms with van der Waals surface area (Å²) in [6.45, 7) is 1.68. The molecule has 1 saturated carbocycles. The molecule has 4 nitrogen and oxygen atoms in total. The van der Waals surface area contributed by atoms with Crippen molar-refractivity contribution in [3.05, 3.63) is 30.5 Å². The lowest BCUT2D eigenvalue weighted by molar-refractivity contribution is -0.134. The Labute approximate surface area is 130 Å². The zero-order valence-corrected chi connectivity index (χ0v) is 13.0. The molecule has 116 valence electrons. The number of hydrogen-bond donors (Lipinski definition) is 0. The summed E-state index contributed by atoms with van der Waals surface area (Å²) in [5, 5.41) is 1.17. The summed E-state index contributed by atoms with van der Waals surface area (Å²) >= 11 is 0. The van der Waals surface area contributed by atoms with E-state index in [1.807, 2.05) is 24.1 Å². The molecule has 1 aromatic heterocycles. The summed E-state index contributed by atoms with van der Waals surface area (Å²) in [7, 11) is 2.05. The molecular weight excluding hydrogens is 276 g/mol. The molecule has 2 fully saturated rings. The van der Waals surface area contributed by atoms with Gasteiger partial charge in [-0.2, -0.15) is 0 Å². The Balaban J connectivity index is 1.42. The van der Waals surface area contributed by atoms with Gasteiger partial charge in [0.05, 0.1) is 5.52 Å². The standard InChI is InChI=1S/C18H22N2O2/c1-19-10-9-15-16(19)3-2-4-17(15)22-14-7-11-20(12-8-14)18(21)13-5-6-13/h2-4,9-10,13-14H,5-8,11-12H2,1H3. The molecule has 1 aliphatic carbocycles. The number of fused-ring (bicyclic) bond motifs is 1. The van der Waals surface area contributed by atoms with Gasteiger partial charge in [-0.25, -0.2) is 0 Å². The highest BCUT2D eigenvalue weighted by Crippen LogP contribution is 2.33. The van der Waals surface area contributed by atoms with Crippen LogP contribution < -0.4 is 4.74 Å². The van der Waals surface area contributed by atoms with Gasteiger partial charge in [0, 0.05) is 50.5 Å². The summed E-state index contributed by atoms with van der Waals surface area (Å²) in [6.07, 6.45) is 6.32. The topological polar surface area (TPSA) is 34.5 Å². The first-order valence-electron chi connectivity index (χ1n) is 8.22. The molecule has 4 heteroatoms. The molecule has 0 radical (unpaired) electrons. The van der Waals surface area contributed by atoms with E-state index in [0.29, 0.717) is 11.8 Å². The number of benzene rings is 1. The first-order valence-corrected chi connectivity index (χ1v) is 8.22. The number of rotatable bonds is 3. The largest absolute Gasteiger partial charge is 0.490 e. The van der Waals surface area contributed by atoms with Crippen LogP contribution in [0.4, 0.5) is 0 Å². The molecule has 1 aliphatic heterocycles. The lowest BCUT2D eigenvalue weighted by Crippen LogP contribution is -2.42. The van der Waals surface area contributed by atoms with Crippen molar-refractivity contribution in [1.29, 1.82) is 0 Å². The Kier molecular flexibility index (Phi) is 3.32. The Morgan fingerprint density at radius 1 is 1.14 bits per heavy atom. The van der Waals surface area contributed by atoms with Crippen molar-refractivity contribution in [1.82, 2.24) is 9.47 Å². The molecule has 0 atom stereocenters. The number of nitrogens with zero attached hydrogens (tertiary/aromatic N) is 2. The fourth-order valence-electron chi connectivity index (χ4n) is 3.34. The zero-order valence-electron chi connectivity index (χ0n) is 13.0. The minimum atomic E-state index is 0.217. The van der Waals surface area contributed by atoms with Gasteiger partial charge < -0.3 is 14.2 Å². The second-order valence-corrected chi connectivity index (χ2v) is 6.53. The van der Waals surface area contributed by atoms with E-state index in [4.69, 9.17) is 4.74 Å².